The first-order valence-corrected chi connectivity index (χ1v) is 6.72. The maximum absolute atomic E-state index is 13.1. The number of pyridine rings is 1. The van der Waals surface area contributed by atoms with Gasteiger partial charge in [-0.05, 0) is 35.9 Å². The summed E-state index contributed by atoms with van der Waals surface area (Å²) in [4.78, 5) is 3.61. The van der Waals surface area contributed by atoms with E-state index in [4.69, 9.17) is 0 Å². The van der Waals surface area contributed by atoms with Gasteiger partial charge in [-0.2, -0.15) is 13.2 Å². The van der Waals surface area contributed by atoms with E-state index in [0.29, 0.717) is 16.2 Å². The summed E-state index contributed by atoms with van der Waals surface area (Å²) in [6.07, 6.45) is -4.89. The van der Waals surface area contributed by atoms with Crippen molar-refractivity contribution in [1.82, 2.24) is 4.98 Å². The molecule has 0 aliphatic carbocycles. The Balaban J connectivity index is 2.17. The Kier molecular flexibility index (Phi) is 4.63. The highest BCUT2D eigenvalue weighted by Gasteiger charge is 2.30. The Morgan fingerprint density at radius 1 is 1.19 bits per heavy atom. The van der Waals surface area contributed by atoms with Crippen LogP contribution in [0.25, 0.3) is 0 Å². The molecule has 2 aromatic rings. The zero-order valence-corrected chi connectivity index (χ0v) is 12.1. The van der Waals surface area contributed by atoms with Crippen molar-refractivity contribution in [3.8, 4) is 0 Å². The molecule has 1 aromatic carbocycles. The molecule has 1 unspecified atom stereocenters. The molecule has 0 amide bonds. The molecule has 0 fully saturated rings. The van der Waals surface area contributed by atoms with Gasteiger partial charge in [-0.3, -0.25) is 4.98 Å². The fraction of sp³-hybridized carbons (Fsp3) is 0.214. The van der Waals surface area contributed by atoms with E-state index in [1.807, 2.05) is 0 Å². The van der Waals surface area contributed by atoms with Crippen LogP contribution in [0.2, 0.25) is 0 Å². The van der Waals surface area contributed by atoms with Crippen molar-refractivity contribution in [2.24, 2.45) is 0 Å². The maximum Gasteiger partial charge on any atom is 0.417 e. The Bertz CT molecular complexity index is 628. The number of aliphatic hydroxyl groups excluding tert-OH is 1. The van der Waals surface area contributed by atoms with E-state index in [1.54, 1.807) is 0 Å². The summed E-state index contributed by atoms with van der Waals surface area (Å²) in [6.45, 7) is 0. The van der Waals surface area contributed by atoms with E-state index in [-0.39, 0.29) is 12.1 Å². The highest BCUT2D eigenvalue weighted by molar-refractivity contribution is 9.10. The predicted molar refractivity (Wildman–Crippen MR) is 72.0 cm³/mol. The normalized spacial score (nSPS) is 13.2. The SMILES string of the molecule is OC(Cc1cc(F)ccc1Br)c1ccc(C(F)(F)F)cn1. The van der Waals surface area contributed by atoms with E-state index >= 15 is 0 Å². The molecule has 1 heterocycles. The second-order valence-electron chi connectivity index (χ2n) is 4.43. The van der Waals surface area contributed by atoms with Gasteiger partial charge in [0.2, 0.25) is 0 Å². The van der Waals surface area contributed by atoms with Crippen molar-refractivity contribution >= 4 is 15.9 Å². The lowest BCUT2D eigenvalue weighted by molar-refractivity contribution is -0.137. The molecule has 0 aliphatic heterocycles. The Labute approximate surface area is 126 Å². The van der Waals surface area contributed by atoms with Crippen LogP contribution in [-0.2, 0) is 12.6 Å². The van der Waals surface area contributed by atoms with Crippen molar-refractivity contribution in [2.75, 3.05) is 0 Å². The number of benzene rings is 1. The third-order valence-corrected chi connectivity index (χ3v) is 3.65. The molecule has 2 rings (SSSR count). The van der Waals surface area contributed by atoms with Gasteiger partial charge in [-0.25, -0.2) is 4.39 Å². The molecule has 0 aliphatic rings. The number of aromatic nitrogens is 1. The smallest absolute Gasteiger partial charge is 0.386 e. The zero-order valence-electron chi connectivity index (χ0n) is 10.5. The largest absolute Gasteiger partial charge is 0.417 e. The maximum atomic E-state index is 13.1. The average Bonchev–Trinajstić information content (AvgIpc) is 2.42. The summed E-state index contributed by atoms with van der Waals surface area (Å²) >= 11 is 3.22. The van der Waals surface area contributed by atoms with Gasteiger partial charge in [0, 0.05) is 17.1 Å². The number of hydrogen-bond donors (Lipinski definition) is 1. The molecule has 1 N–H and O–H groups in total. The van der Waals surface area contributed by atoms with Gasteiger partial charge in [0.15, 0.2) is 0 Å². The van der Waals surface area contributed by atoms with Crippen LogP contribution in [-0.4, -0.2) is 10.1 Å². The monoisotopic (exact) mass is 363 g/mol. The molecular formula is C14H10BrF4NO. The summed E-state index contributed by atoms with van der Waals surface area (Å²) in [5, 5.41) is 10.00. The number of hydrogen-bond acceptors (Lipinski definition) is 2. The lowest BCUT2D eigenvalue weighted by Gasteiger charge is -2.13. The van der Waals surface area contributed by atoms with Crippen molar-refractivity contribution in [2.45, 2.75) is 18.7 Å². The van der Waals surface area contributed by atoms with Crippen LogP contribution in [0, 0.1) is 5.82 Å². The molecule has 1 atom stereocenters. The number of aliphatic hydroxyl groups is 1. The predicted octanol–water partition coefficient (Wildman–Crippen LogP) is 4.28. The fourth-order valence-electron chi connectivity index (χ4n) is 1.78. The quantitative estimate of drug-likeness (QED) is 0.825. The fourth-order valence-corrected chi connectivity index (χ4v) is 2.19. The Hall–Kier alpha value is -1.47. The molecule has 1 aromatic heterocycles. The van der Waals surface area contributed by atoms with Crippen LogP contribution in [0.15, 0.2) is 41.0 Å². The number of nitrogens with zero attached hydrogens (tertiary/aromatic N) is 1. The van der Waals surface area contributed by atoms with Crippen LogP contribution in [0.1, 0.15) is 22.9 Å². The van der Waals surface area contributed by atoms with Gasteiger partial charge in [0.05, 0.1) is 17.4 Å². The first-order chi connectivity index (χ1) is 9.77. The van der Waals surface area contributed by atoms with Crippen LogP contribution < -0.4 is 0 Å². The summed E-state index contributed by atoms with van der Waals surface area (Å²) < 4.78 is 51.0. The van der Waals surface area contributed by atoms with E-state index in [9.17, 15) is 22.7 Å². The number of alkyl halides is 3. The molecular weight excluding hydrogens is 354 g/mol. The van der Waals surface area contributed by atoms with Crippen LogP contribution in [0.5, 0.6) is 0 Å². The van der Waals surface area contributed by atoms with E-state index in [2.05, 4.69) is 20.9 Å². The summed E-state index contributed by atoms with van der Waals surface area (Å²) in [5.74, 6) is -0.458. The average molecular weight is 364 g/mol. The molecule has 2 nitrogen and oxygen atoms in total. The standard InChI is InChI=1S/C14H10BrF4NO/c15-11-3-2-10(16)5-8(11)6-13(21)12-4-1-9(7-20-12)14(17,18)19/h1-5,7,13,21H,6H2. The Morgan fingerprint density at radius 3 is 2.48 bits per heavy atom. The molecule has 0 saturated heterocycles. The van der Waals surface area contributed by atoms with Crippen molar-refractivity contribution in [3.05, 3.63) is 63.6 Å². The van der Waals surface area contributed by atoms with Crippen LogP contribution >= 0.6 is 15.9 Å². The molecule has 7 heteroatoms. The van der Waals surface area contributed by atoms with Gasteiger partial charge in [0.1, 0.15) is 5.82 Å². The number of halogens is 5. The molecule has 0 bridgehead atoms. The van der Waals surface area contributed by atoms with Crippen LogP contribution in [0.4, 0.5) is 17.6 Å². The van der Waals surface area contributed by atoms with E-state index < -0.39 is 23.7 Å². The van der Waals surface area contributed by atoms with Crippen molar-refractivity contribution in [3.63, 3.8) is 0 Å². The van der Waals surface area contributed by atoms with Crippen molar-refractivity contribution in [1.29, 1.82) is 0 Å². The summed E-state index contributed by atoms with van der Waals surface area (Å²) in [7, 11) is 0. The highest BCUT2D eigenvalue weighted by atomic mass is 79.9. The van der Waals surface area contributed by atoms with E-state index in [1.165, 1.54) is 18.2 Å². The summed E-state index contributed by atoms with van der Waals surface area (Å²) in [6, 6.07) is 5.97. The van der Waals surface area contributed by atoms with Gasteiger partial charge < -0.3 is 5.11 Å². The van der Waals surface area contributed by atoms with Crippen molar-refractivity contribution < 1.29 is 22.7 Å². The topological polar surface area (TPSA) is 33.1 Å². The first kappa shape index (κ1) is 15.9. The third kappa shape index (κ3) is 4.01. The second-order valence-corrected chi connectivity index (χ2v) is 5.28. The molecule has 0 saturated carbocycles. The molecule has 112 valence electrons. The zero-order chi connectivity index (χ0) is 15.6. The Morgan fingerprint density at radius 2 is 1.90 bits per heavy atom. The minimum absolute atomic E-state index is 0.0384. The third-order valence-electron chi connectivity index (χ3n) is 2.88. The molecule has 0 spiro atoms. The van der Waals surface area contributed by atoms with Gasteiger partial charge in [-0.15, -0.1) is 0 Å². The summed E-state index contributed by atoms with van der Waals surface area (Å²) in [5.41, 5.74) is -0.284. The second kappa shape index (κ2) is 6.11. The van der Waals surface area contributed by atoms with E-state index in [0.717, 1.165) is 12.1 Å². The minimum atomic E-state index is -4.47. The molecule has 0 radical (unpaired) electrons. The molecule has 21 heavy (non-hydrogen) atoms. The van der Waals surface area contributed by atoms with Crippen LogP contribution in [0.3, 0.4) is 0 Å². The lowest BCUT2D eigenvalue weighted by Crippen LogP contribution is -2.09. The minimum Gasteiger partial charge on any atom is -0.386 e. The highest BCUT2D eigenvalue weighted by Crippen LogP contribution is 2.30. The number of rotatable bonds is 3. The van der Waals surface area contributed by atoms with Gasteiger partial charge >= 0.3 is 6.18 Å². The van der Waals surface area contributed by atoms with Gasteiger partial charge in [0.25, 0.3) is 0 Å². The van der Waals surface area contributed by atoms with Gasteiger partial charge in [-0.1, -0.05) is 15.9 Å². The lowest BCUT2D eigenvalue weighted by atomic mass is 10.0. The first-order valence-electron chi connectivity index (χ1n) is 5.92.